The number of nitrogens with one attached hydrogen (secondary N) is 1. The summed E-state index contributed by atoms with van der Waals surface area (Å²) >= 11 is 12.1. The van der Waals surface area contributed by atoms with E-state index in [0.717, 1.165) is 60.5 Å². The average Bonchev–Trinajstić information content (AvgIpc) is 2.79. The summed E-state index contributed by atoms with van der Waals surface area (Å²) in [5, 5.41) is 25.7. The van der Waals surface area contributed by atoms with Gasteiger partial charge in [-0.05, 0) is 65.4 Å². The predicted octanol–water partition coefficient (Wildman–Crippen LogP) is 5.78. The first-order chi connectivity index (χ1) is 15.9. The minimum Gasteiger partial charge on any atom is -0.481 e. The summed E-state index contributed by atoms with van der Waals surface area (Å²) < 4.78 is 0. The van der Waals surface area contributed by atoms with Crippen LogP contribution in [0.25, 0.3) is 10.8 Å². The van der Waals surface area contributed by atoms with Crippen molar-refractivity contribution in [1.82, 2.24) is 5.32 Å². The van der Waals surface area contributed by atoms with Crippen LogP contribution < -0.4 is 11.1 Å². The molecule has 33 heavy (non-hydrogen) atoms. The fraction of sp³-hybridized carbons (Fsp3) is 0.346. The van der Waals surface area contributed by atoms with E-state index in [9.17, 15) is 15.0 Å². The molecule has 0 heterocycles. The third-order valence-electron chi connectivity index (χ3n) is 5.84. The number of hydrogen-bond donors (Lipinski definition) is 4. The van der Waals surface area contributed by atoms with Crippen LogP contribution in [0.4, 0.5) is 5.69 Å². The van der Waals surface area contributed by atoms with E-state index < -0.39 is 12.1 Å². The number of aliphatic hydroxyl groups excluding tert-OH is 1. The Kier molecular flexibility index (Phi) is 9.39. The fourth-order valence-electron chi connectivity index (χ4n) is 4.05. The molecule has 0 aliphatic heterocycles. The van der Waals surface area contributed by atoms with Crippen molar-refractivity contribution in [2.75, 3.05) is 18.8 Å². The molecule has 3 aromatic rings. The molecule has 0 amide bonds. The van der Waals surface area contributed by atoms with Gasteiger partial charge in [0.25, 0.3) is 0 Å². The van der Waals surface area contributed by atoms with Crippen molar-refractivity contribution in [2.45, 2.75) is 44.6 Å². The van der Waals surface area contributed by atoms with Gasteiger partial charge in [0.15, 0.2) is 0 Å². The van der Waals surface area contributed by atoms with Gasteiger partial charge in [-0.1, -0.05) is 72.4 Å². The first-order valence-corrected chi connectivity index (χ1v) is 12.0. The normalized spacial score (nSPS) is 12.2. The van der Waals surface area contributed by atoms with E-state index in [1.165, 1.54) is 0 Å². The molecule has 5 N–H and O–H groups in total. The number of anilines is 1. The van der Waals surface area contributed by atoms with Gasteiger partial charge in [-0.2, -0.15) is 0 Å². The highest BCUT2D eigenvalue weighted by Gasteiger charge is 2.13. The second kappa shape index (κ2) is 12.2. The topological polar surface area (TPSA) is 95.6 Å². The third-order valence-corrected chi connectivity index (χ3v) is 6.46. The Morgan fingerprint density at radius 1 is 1.00 bits per heavy atom. The van der Waals surface area contributed by atoms with Crippen molar-refractivity contribution in [1.29, 1.82) is 0 Å². The first kappa shape index (κ1) is 25.3. The van der Waals surface area contributed by atoms with Gasteiger partial charge < -0.3 is 21.3 Å². The van der Waals surface area contributed by atoms with Crippen molar-refractivity contribution < 1.29 is 15.0 Å². The summed E-state index contributed by atoms with van der Waals surface area (Å²) in [7, 11) is 0. The molecule has 1 atom stereocenters. The van der Waals surface area contributed by atoms with Gasteiger partial charge in [0.2, 0.25) is 0 Å². The molecule has 3 rings (SSSR count). The number of aliphatic hydroxyl groups is 1. The lowest BCUT2D eigenvalue weighted by molar-refractivity contribution is -0.136. The quantitative estimate of drug-likeness (QED) is 0.191. The Hall–Kier alpha value is -2.31. The molecule has 0 aliphatic rings. The fourth-order valence-corrected chi connectivity index (χ4v) is 4.55. The van der Waals surface area contributed by atoms with Gasteiger partial charge in [0, 0.05) is 6.54 Å². The Morgan fingerprint density at radius 2 is 1.70 bits per heavy atom. The van der Waals surface area contributed by atoms with Gasteiger partial charge in [-0.15, -0.1) is 0 Å². The zero-order valence-electron chi connectivity index (χ0n) is 18.5. The van der Waals surface area contributed by atoms with Crippen molar-refractivity contribution in [3.05, 3.63) is 75.3 Å². The minimum absolute atomic E-state index is 0.0490. The number of carboxylic acids is 1. The number of aliphatic carboxylic acids is 1. The Bertz CT molecular complexity index is 1080. The first-order valence-electron chi connectivity index (χ1n) is 11.2. The lowest BCUT2D eigenvalue weighted by Crippen LogP contribution is -2.22. The molecule has 176 valence electrons. The molecule has 1 unspecified atom stereocenters. The molecule has 0 spiro atoms. The molecule has 0 aliphatic carbocycles. The van der Waals surface area contributed by atoms with Crippen LogP contribution in [0.5, 0.6) is 0 Å². The summed E-state index contributed by atoms with van der Waals surface area (Å²) in [6, 6.07) is 15.4. The molecule has 3 aromatic carbocycles. The highest BCUT2D eigenvalue weighted by Crippen LogP contribution is 2.31. The number of nitrogen functional groups attached to an aromatic ring is 1. The summed E-state index contributed by atoms with van der Waals surface area (Å²) in [6.07, 6.45) is 4.34. The van der Waals surface area contributed by atoms with E-state index in [1.807, 2.05) is 24.3 Å². The second-order valence-corrected chi connectivity index (χ2v) is 9.09. The zero-order valence-corrected chi connectivity index (χ0v) is 20.0. The van der Waals surface area contributed by atoms with E-state index in [2.05, 4.69) is 17.4 Å². The SMILES string of the molecule is Nc1c(Cl)cc(C(O)CNCCCCCCc2ccc3ccccc3c2CC(=O)O)cc1Cl. The second-order valence-electron chi connectivity index (χ2n) is 8.28. The lowest BCUT2D eigenvalue weighted by atomic mass is 9.93. The van der Waals surface area contributed by atoms with Gasteiger partial charge in [0.05, 0.1) is 28.3 Å². The van der Waals surface area contributed by atoms with Gasteiger partial charge in [-0.3, -0.25) is 4.79 Å². The number of carbonyl (C=O) groups is 1. The Labute approximate surface area is 204 Å². The standard InChI is InChI=1S/C26H30Cl2N2O3/c27-22-13-19(14-23(28)26(22)29)24(31)16-30-12-6-2-1-3-7-18-11-10-17-8-4-5-9-20(17)21(18)15-25(32)33/h4-5,8-11,13-14,24,30-31H,1-3,6-7,12,15-16,29H2,(H,32,33). The van der Waals surface area contributed by atoms with Gasteiger partial charge in [0.1, 0.15) is 0 Å². The summed E-state index contributed by atoms with van der Waals surface area (Å²) in [5.74, 6) is -0.802. The maximum Gasteiger partial charge on any atom is 0.307 e. The number of nitrogens with two attached hydrogens (primary N) is 1. The average molecular weight is 489 g/mol. The molecule has 7 heteroatoms. The number of unbranched alkanes of at least 4 members (excludes halogenated alkanes) is 3. The van der Waals surface area contributed by atoms with Crippen molar-refractivity contribution >= 4 is 45.6 Å². The summed E-state index contributed by atoms with van der Waals surface area (Å²) in [6.45, 7) is 1.21. The maximum absolute atomic E-state index is 11.4. The van der Waals surface area contributed by atoms with Gasteiger partial charge >= 0.3 is 5.97 Å². The number of halogens is 2. The van der Waals surface area contributed by atoms with Crippen LogP contribution in [0, 0.1) is 0 Å². The van der Waals surface area contributed by atoms with E-state index >= 15 is 0 Å². The number of fused-ring (bicyclic) bond motifs is 1. The molecule has 0 bridgehead atoms. The number of rotatable bonds is 12. The van der Waals surface area contributed by atoms with Crippen LogP contribution in [0.2, 0.25) is 10.0 Å². The highest BCUT2D eigenvalue weighted by atomic mass is 35.5. The van der Waals surface area contributed by atoms with Crippen LogP contribution in [0.1, 0.15) is 48.5 Å². The summed E-state index contributed by atoms with van der Waals surface area (Å²) in [4.78, 5) is 11.4. The zero-order chi connectivity index (χ0) is 23.8. The molecule has 0 aromatic heterocycles. The summed E-state index contributed by atoms with van der Waals surface area (Å²) in [5.41, 5.74) is 8.75. The van der Waals surface area contributed by atoms with Crippen LogP contribution in [0.3, 0.4) is 0 Å². The van der Waals surface area contributed by atoms with Crippen molar-refractivity contribution in [2.24, 2.45) is 0 Å². The number of benzene rings is 3. The van der Waals surface area contributed by atoms with Crippen LogP contribution >= 0.6 is 23.2 Å². The largest absolute Gasteiger partial charge is 0.481 e. The van der Waals surface area contributed by atoms with Crippen molar-refractivity contribution in [3.63, 3.8) is 0 Å². The maximum atomic E-state index is 11.4. The van der Waals surface area contributed by atoms with E-state index in [1.54, 1.807) is 12.1 Å². The van der Waals surface area contributed by atoms with Crippen LogP contribution in [-0.2, 0) is 17.6 Å². The molecule has 0 saturated carbocycles. The van der Waals surface area contributed by atoms with Gasteiger partial charge in [-0.25, -0.2) is 0 Å². The highest BCUT2D eigenvalue weighted by molar-refractivity contribution is 6.38. The Balaban J connectivity index is 1.40. The van der Waals surface area contributed by atoms with Crippen LogP contribution in [0.15, 0.2) is 48.5 Å². The molecular formula is C26H30Cl2N2O3. The lowest BCUT2D eigenvalue weighted by Gasteiger charge is -2.14. The smallest absolute Gasteiger partial charge is 0.307 e. The third kappa shape index (κ3) is 7.08. The Morgan fingerprint density at radius 3 is 2.42 bits per heavy atom. The van der Waals surface area contributed by atoms with Crippen LogP contribution in [-0.4, -0.2) is 29.3 Å². The number of aryl methyl sites for hydroxylation is 1. The predicted molar refractivity (Wildman–Crippen MR) is 136 cm³/mol. The van der Waals surface area contributed by atoms with E-state index in [4.69, 9.17) is 28.9 Å². The molecule has 0 fully saturated rings. The minimum atomic E-state index is -0.802. The molecule has 0 radical (unpaired) electrons. The van der Waals surface area contributed by atoms with E-state index in [-0.39, 0.29) is 6.42 Å². The monoisotopic (exact) mass is 488 g/mol. The molecular weight excluding hydrogens is 459 g/mol. The number of hydrogen-bond acceptors (Lipinski definition) is 4. The number of carboxylic acid groups (broad SMARTS) is 1. The van der Waals surface area contributed by atoms with Crippen molar-refractivity contribution in [3.8, 4) is 0 Å². The molecule has 0 saturated heterocycles. The van der Waals surface area contributed by atoms with E-state index in [0.29, 0.717) is 27.8 Å². The molecule has 5 nitrogen and oxygen atoms in total.